The minimum absolute atomic E-state index is 0.176. The quantitative estimate of drug-likeness (QED) is 0.514. The summed E-state index contributed by atoms with van der Waals surface area (Å²) in [7, 11) is 0. The Morgan fingerprint density at radius 3 is 2.41 bits per heavy atom. The van der Waals surface area contributed by atoms with Gasteiger partial charge in [0.1, 0.15) is 6.10 Å². The Hall–Kier alpha value is -2.21. The van der Waals surface area contributed by atoms with Gasteiger partial charge in [0.2, 0.25) is 0 Å². The van der Waals surface area contributed by atoms with Crippen molar-refractivity contribution >= 4 is 18.1 Å². The van der Waals surface area contributed by atoms with Gasteiger partial charge in [-0.3, -0.25) is 4.79 Å². The molecule has 1 aromatic carbocycles. The highest BCUT2D eigenvalue weighted by atomic mass is 16.4. The summed E-state index contributed by atoms with van der Waals surface area (Å²) in [5.41, 5.74) is 2.95. The van der Waals surface area contributed by atoms with Crippen molar-refractivity contribution in [3.05, 3.63) is 35.4 Å². The van der Waals surface area contributed by atoms with Crippen LogP contribution < -0.4 is 5.43 Å². The predicted molar refractivity (Wildman–Crippen MR) is 60.8 cm³/mol. The molecule has 0 saturated heterocycles. The second-order valence-corrected chi connectivity index (χ2v) is 3.34. The Kier molecular flexibility index (Phi) is 4.36. The molecule has 0 saturated carbocycles. The zero-order valence-corrected chi connectivity index (χ0v) is 9.12. The largest absolute Gasteiger partial charge is 0.478 e. The van der Waals surface area contributed by atoms with E-state index in [0.717, 1.165) is 0 Å². The van der Waals surface area contributed by atoms with E-state index in [2.05, 4.69) is 10.5 Å². The number of amides is 1. The first-order valence-electron chi connectivity index (χ1n) is 4.85. The van der Waals surface area contributed by atoms with Gasteiger partial charge in [-0.25, -0.2) is 10.2 Å². The van der Waals surface area contributed by atoms with Gasteiger partial charge in [-0.05, 0) is 24.6 Å². The molecule has 1 amide bonds. The molecule has 17 heavy (non-hydrogen) atoms. The molecular weight excluding hydrogens is 224 g/mol. The lowest BCUT2D eigenvalue weighted by Crippen LogP contribution is -2.28. The van der Waals surface area contributed by atoms with Crippen LogP contribution in [0.25, 0.3) is 0 Å². The Bertz CT molecular complexity index is 437. The molecule has 0 heterocycles. The molecule has 0 aliphatic rings. The molecule has 0 aromatic heterocycles. The normalized spacial score (nSPS) is 12.4. The molecule has 0 aliphatic carbocycles. The summed E-state index contributed by atoms with van der Waals surface area (Å²) < 4.78 is 0. The molecule has 90 valence electrons. The molecule has 0 radical (unpaired) electrons. The van der Waals surface area contributed by atoms with Crippen LogP contribution in [0.3, 0.4) is 0 Å². The number of aromatic carboxylic acids is 1. The molecule has 0 aliphatic heterocycles. The van der Waals surface area contributed by atoms with E-state index >= 15 is 0 Å². The third kappa shape index (κ3) is 4.04. The third-order valence-electron chi connectivity index (χ3n) is 1.93. The molecule has 1 rings (SSSR count). The molecule has 3 N–H and O–H groups in total. The molecule has 0 unspecified atom stereocenters. The van der Waals surface area contributed by atoms with Gasteiger partial charge in [-0.15, -0.1) is 0 Å². The maximum atomic E-state index is 10.9. The molecule has 1 aromatic rings. The molecule has 6 nitrogen and oxygen atoms in total. The lowest BCUT2D eigenvalue weighted by atomic mass is 10.1. The van der Waals surface area contributed by atoms with Crippen molar-refractivity contribution in [1.82, 2.24) is 5.43 Å². The molecule has 6 heteroatoms. The van der Waals surface area contributed by atoms with Gasteiger partial charge >= 0.3 is 5.97 Å². The fourth-order valence-corrected chi connectivity index (χ4v) is 0.976. The van der Waals surface area contributed by atoms with Crippen molar-refractivity contribution in [1.29, 1.82) is 0 Å². The second kappa shape index (κ2) is 5.76. The van der Waals surface area contributed by atoms with Crippen LogP contribution in [0.15, 0.2) is 29.4 Å². The first-order valence-corrected chi connectivity index (χ1v) is 4.85. The van der Waals surface area contributed by atoms with E-state index in [1.165, 1.54) is 25.3 Å². The van der Waals surface area contributed by atoms with Crippen molar-refractivity contribution in [3.63, 3.8) is 0 Å². The van der Waals surface area contributed by atoms with E-state index in [-0.39, 0.29) is 5.56 Å². The van der Waals surface area contributed by atoms with Crippen LogP contribution in [-0.4, -0.2) is 34.4 Å². The van der Waals surface area contributed by atoms with Crippen LogP contribution in [0.4, 0.5) is 0 Å². The number of carbonyl (C=O) groups excluding carboxylic acids is 1. The van der Waals surface area contributed by atoms with Gasteiger partial charge in [-0.1, -0.05) is 12.1 Å². The molecule has 1 atom stereocenters. The van der Waals surface area contributed by atoms with Gasteiger partial charge < -0.3 is 10.2 Å². The minimum atomic E-state index is -1.12. The highest BCUT2D eigenvalue weighted by Crippen LogP contribution is 2.02. The topological polar surface area (TPSA) is 99.0 Å². The Labute approximate surface area is 97.6 Å². The molecular formula is C11H12N2O4. The highest BCUT2D eigenvalue weighted by molar-refractivity contribution is 5.89. The number of carbonyl (C=O) groups is 2. The van der Waals surface area contributed by atoms with Crippen molar-refractivity contribution < 1.29 is 19.8 Å². The predicted octanol–water partition coefficient (Wildman–Crippen LogP) is 0.216. The zero-order chi connectivity index (χ0) is 12.8. The average molecular weight is 236 g/mol. The van der Waals surface area contributed by atoms with Crippen LogP contribution in [-0.2, 0) is 4.79 Å². The van der Waals surface area contributed by atoms with Crippen LogP contribution >= 0.6 is 0 Å². The zero-order valence-electron chi connectivity index (χ0n) is 9.12. The summed E-state index contributed by atoms with van der Waals surface area (Å²) in [5.74, 6) is -1.61. The van der Waals surface area contributed by atoms with E-state index < -0.39 is 18.0 Å². The summed E-state index contributed by atoms with van der Waals surface area (Å²) in [5, 5.41) is 21.1. The van der Waals surface area contributed by atoms with Crippen molar-refractivity contribution in [3.8, 4) is 0 Å². The summed E-state index contributed by atoms with van der Waals surface area (Å²) in [6.07, 6.45) is 0.230. The van der Waals surface area contributed by atoms with Crippen LogP contribution in [0, 0.1) is 0 Å². The van der Waals surface area contributed by atoms with E-state index in [0.29, 0.717) is 5.56 Å². The second-order valence-electron chi connectivity index (χ2n) is 3.34. The Balaban J connectivity index is 2.60. The van der Waals surface area contributed by atoms with Gasteiger partial charge in [-0.2, -0.15) is 5.10 Å². The van der Waals surface area contributed by atoms with Gasteiger partial charge in [0, 0.05) is 0 Å². The number of hydrazone groups is 1. The van der Waals surface area contributed by atoms with Crippen LogP contribution in [0.2, 0.25) is 0 Å². The Morgan fingerprint density at radius 2 is 1.94 bits per heavy atom. The SMILES string of the molecule is C[C@H](O)C(=O)N/N=C\c1ccc(C(=O)O)cc1. The van der Waals surface area contributed by atoms with Crippen LogP contribution in [0.5, 0.6) is 0 Å². The average Bonchev–Trinajstić information content (AvgIpc) is 2.29. The monoisotopic (exact) mass is 236 g/mol. The fraction of sp³-hybridized carbons (Fsp3) is 0.182. The van der Waals surface area contributed by atoms with E-state index in [1.54, 1.807) is 12.1 Å². The van der Waals surface area contributed by atoms with Gasteiger partial charge in [0.25, 0.3) is 5.91 Å². The lowest BCUT2D eigenvalue weighted by molar-refractivity contribution is -0.128. The first kappa shape index (κ1) is 12.9. The number of hydrogen-bond donors (Lipinski definition) is 3. The highest BCUT2D eigenvalue weighted by Gasteiger charge is 2.05. The first-order chi connectivity index (χ1) is 8.00. The van der Waals surface area contributed by atoms with Crippen molar-refractivity contribution in [2.45, 2.75) is 13.0 Å². The lowest BCUT2D eigenvalue weighted by Gasteiger charge is -2.00. The number of nitrogens with zero attached hydrogens (tertiary/aromatic N) is 1. The molecule has 0 spiro atoms. The summed E-state index contributed by atoms with van der Waals surface area (Å²) in [6.45, 7) is 1.33. The third-order valence-corrected chi connectivity index (χ3v) is 1.93. The van der Waals surface area contributed by atoms with Crippen molar-refractivity contribution in [2.24, 2.45) is 5.10 Å². The van der Waals surface area contributed by atoms with Gasteiger partial charge in [0.05, 0.1) is 11.8 Å². The molecule has 0 bridgehead atoms. The number of nitrogens with one attached hydrogen (secondary N) is 1. The number of carboxylic acid groups (broad SMARTS) is 1. The van der Waals surface area contributed by atoms with E-state index in [1.807, 2.05) is 0 Å². The number of rotatable bonds is 4. The maximum Gasteiger partial charge on any atom is 0.335 e. The van der Waals surface area contributed by atoms with Crippen LogP contribution in [0.1, 0.15) is 22.8 Å². The standard InChI is InChI=1S/C11H12N2O4/c1-7(14)10(15)13-12-6-8-2-4-9(5-3-8)11(16)17/h2-7,14H,1H3,(H,13,15)(H,16,17)/b12-6-/t7-/m0/s1. The van der Waals surface area contributed by atoms with E-state index in [4.69, 9.17) is 10.2 Å². The summed E-state index contributed by atoms with van der Waals surface area (Å²) in [4.78, 5) is 21.5. The number of benzene rings is 1. The number of hydrogen-bond acceptors (Lipinski definition) is 4. The Morgan fingerprint density at radius 1 is 1.35 bits per heavy atom. The van der Waals surface area contributed by atoms with Gasteiger partial charge in [0.15, 0.2) is 0 Å². The van der Waals surface area contributed by atoms with Crippen molar-refractivity contribution in [2.75, 3.05) is 0 Å². The fourth-order valence-electron chi connectivity index (χ4n) is 0.976. The summed E-state index contributed by atoms with van der Waals surface area (Å²) in [6, 6.07) is 5.98. The number of aliphatic hydroxyl groups excluding tert-OH is 1. The smallest absolute Gasteiger partial charge is 0.335 e. The summed E-state index contributed by atoms with van der Waals surface area (Å²) >= 11 is 0. The molecule has 0 fully saturated rings. The number of carboxylic acids is 1. The number of aliphatic hydroxyl groups is 1. The van der Waals surface area contributed by atoms with E-state index in [9.17, 15) is 9.59 Å². The minimum Gasteiger partial charge on any atom is -0.478 e. The maximum absolute atomic E-state index is 10.9.